The van der Waals surface area contributed by atoms with Crippen LogP contribution in [-0.4, -0.2) is 107 Å². The van der Waals surface area contributed by atoms with Gasteiger partial charge < -0.3 is 33.3 Å². The van der Waals surface area contributed by atoms with Crippen molar-refractivity contribution in [2.24, 2.45) is 11.3 Å². The standard InChI is InChI=1S/C26H33NO4.C20H23NO3.C6H10O/c1-5-6-18(28)17-15-24-11-12-26(17,30-4)23-25(24)13-14-27(2)20(24)10-8-16-7-9-19(29-3)22(31-23)21(16)25;1-21-11-10-20-13-6-9-16(23-3)19(20)24-18-15(22-2)8-5-12(17(18)20)4-7-14(13)21;1-3-5-6(7)4-2/h7,9,11-12,17,20,23H,5-6,8,10,13-15H2,1-4H3;5-6,8-9,14,19H,4,7,10-11H2,1-3H3;4H,2-3,5H2,1H3/t17-,20-,23-,24-,25?,26-;14-,19+,20+;/m11./s1. The topological polar surface area (TPSA) is 96.0 Å². The molecule has 10 aliphatic rings. The van der Waals surface area contributed by atoms with Crippen molar-refractivity contribution < 1.29 is 38.0 Å². The fraction of sp³-hybridized carbons (Fsp3) is 0.577. The van der Waals surface area contributed by atoms with Crippen LogP contribution in [0.5, 0.6) is 23.0 Å². The summed E-state index contributed by atoms with van der Waals surface area (Å²) in [5.74, 6) is 4.68. The minimum Gasteiger partial charge on any atom is -0.497 e. The number of methoxy groups -OCH3 is 4. The number of Topliss-reactive ketones (excluding diaryl/α,β-unsaturated/α-hetero) is 1. The van der Waals surface area contributed by atoms with Gasteiger partial charge >= 0.3 is 0 Å². The number of ether oxygens (including phenoxy) is 6. The molecule has 0 N–H and O–H groups in total. The van der Waals surface area contributed by atoms with Gasteiger partial charge in [-0.05, 0) is 126 Å². The largest absolute Gasteiger partial charge is 0.497 e. The van der Waals surface area contributed by atoms with Gasteiger partial charge in [-0.25, -0.2) is 0 Å². The van der Waals surface area contributed by atoms with E-state index in [1.165, 1.54) is 33.9 Å². The Labute approximate surface area is 368 Å². The molecule has 4 aliphatic heterocycles. The average Bonchev–Trinajstić information content (AvgIpc) is 3.79. The van der Waals surface area contributed by atoms with E-state index in [4.69, 9.17) is 28.4 Å². The van der Waals surface area contributed by atoms with Crippen molar-refractivity contribution in [3.63, 3.8) is 0 Å². The zero-order valence-corrected chi connectivity index (χ0v) is 38.1. The van der Waals surface area contributed by atoms with Gasteiger partial charge in [-0.3, -0.25) is 14.5 Å². The first-order valence-electron chi connectivity index (χ1n) is 23.0. The Bertz CT molecular complexity index is 2250. The second-order valence-electron chi connectivity index (χ2n) is 19.0. The highest BCUT2D eigenvalue weighted by molar-refractivity contribution is 5.88. The van der Waals surface area contributed by atoms with Crippen LogP contribution < -0.4 is 18.9 Å². The van der Waals surface area contributed by atoms with E-state index >= 15 is 0 Å². The molecule has 2 aromatic rings. The number of hydrogen-bond donors (Lipinski definition) is 0. The fourth-order valence-corrected chi connectivity index (χ4v) is 13.9. The van der Waals surface area contributed by atoms with Crippen molar-refractivity contribution in [2.45, 2.75) is 125 Å². The van der Waals surface area contributed by atoms with E-state index in [0.717, 1.165) is 99.6 Å². The predicted octanol–water partition coefficient (Wildman–Crippen LogP) is 8.03. The van der Waals surface area contributed by atoms with Gasteiger partial charge in [0, 0.05) is 48.6 Å². The van der Waals surface area contributed by atoms with Crippen LogP contribution in [0.3, 0.4) is 0 Å². The molecule has 10 heteroatoms. The van der Waals surface area contributed by atoms with Crippen molar-refractivity contribution >= 4 is 11.6 Å². The Morgan fingerprint density at radius 1 is 0.823 bits per heavy atom. The molecule has 62 heavy (non-hydrogen) atoms. The minimum absolute atomic E-state index is 0.0677. The quantitative estimate of drug-likeness (QED) is 0.173. The summed E-state index contributed by atoms with van der Waals surface area (Å²) in [7, 11) is 11.5. The Morgan fingerprint density at radius 3 is 2.15 bits per heavy atom. The second kappa shape index (κ2) is 16.0. The van der Waals surface area contributed by atoms with Crippen LogP contribution in [-0.2, 0) is 42.7 Å². The molecule has 6 bridgehead atoms. The molecule has 12 rings (SSSR count). The van der Waals surface area contributed by atoms with E-state index in [9.17, 15) is 9.59 Å². The third-order valence-electron chi connectivity index (χ3n) is 16.6. The van der Waals surface area contributed by atoms with Gasteiger partial charge in [-0.1, -0.05) is 50.8 Å². The van der Waals surface area contributed by atoms with E-state index in [-0.39, 0.29) is 40.2 Å². The van der Waals surface area contributed by atoms with Crippen LogP contribution in [0.4, 0.5) is 0 Å². The predicted molar refractivity (Wildman–Crippen MR) is 240 cm³/mol. The van der Waals surface area contributed by atoms with Gasteiger partial charge in [0.05, 0.1) is 38.1 Å². The number of carbonyl (C=O) groups excluding carboxylic acids is 2. The van der Waals surface area contributed by atoms with Crippen LogP contribution in [0, 0.1) is 11.3 Å². The number of likely N-dealkylation sites (N-methyl/N-ethyl adjacent to an activating group) is 1. The number of fused-ring (bicyclic) bond motifs is 1. The second-order valence-corrected chi connectivity index (χ2v) is 19.0. The zero-order valence-electron chi connectivity index (χ0n) is 38.1. The Balaban J connectivity index is 0.000000141. The van der Waals surface area contributed by atoms with Crippen molar-refractivity contribution in [1.29, 1.82) is 0 Å². The summed E-state index contributed by atoms with van der Waals surface area (Å²) in [5, 5.41) is 0. The molecule has 2 saturated heterocycles. The normalized spacial score (nSPS) is 34.4. The molecule has 3 spiro atoms. The molecular weight excluding hydrogens is 781 g/mol. The van der Waals surface area contributed by atoms with Crippen molar-refractivity contribution in [3.05, 3.63) is 94.8 Å². The van der Waals surface area contributed by atoms with E-state index in [2.05, 4.69) is 86.0 Å². The van der Waals surface area contributed by atoms with Gasteiger partial charge in [-0.15, -0.1) is 0 Å². The number of rotatable bonds is 10. The molecule has 0 aromatic heterocycles. The highest BCUT2D eigenvalue weighted by Crippen LogP contribution is 2.74. The highest BCUT2D eigenvalue weighted by atomic mass is 16.6. The molecule has 1 unspecified atom stereocenters. The summed E-state index contributed by atoms with van der Waals surface area (Å²) in [6.45, 7) is 9.50. The van der Waals surface area contributed by atoms with E-state index < -0.39 is 5.60 Å². The SMILES string of the molecule is C=CC(=O)CCC.CCCC(=O)[C@H]1C[C@@]23C=C[C@]1(OC)[C@@H]1Oc4c(OC)ccc5c4C12CCN(C)[C@@H]3CC5.COC1=CC=C2[C@H]3CCc4ccc(OC)c5c4[C@@]2(CCN3C)[C@H]1O5. The molecule has 1 saturated carbocycles. The highest BCUT2D eigenvalue weighted by Gasteiger charge is 2.79. The fourth-order valence-electron chi connectivity index (χ4n) is 13.9. The molecule has 2 aromatic carbocycles. The van der Waals surface area contributed by atoms with Crippen molar-refractivity contribution in [1.82, 2.24) is 9.80 Å². The van der Waals surface area contributed by atoms with Gasteiger partial charge in [0.15, 0.2) is 34.9 Å². The van der Waals surface area contributed by atoms with Crippen LogP contribution in [0.2, 0.25) is 0 Å². The Morgan fingerprint density at radius 2 is 1.50 bits per heavy atom. The van der Waals surface area contributed by atoms with E-state index in [1.54, 1.807) is 28.4 Å². The molecule has 0 radical (unpaired) electrons. The lowest BCUT2D eigenvalue weighted by molar-refractivity contribution is -0.210. The lowest BCUT2D eigenvalue weighted by Gasteiger charge is -2.68. The number of nitrogens with zero attached hydrogens (tertiary/aromatic N) is 2. The number of allylic oxidation sites excluding steroid dienone is 3. The molecule has 332 valence electrons. The van der Waals surface area contributed by atoms with Crippen molar-refractivity contribution in [2.75, 3.05) is 55.6 Å². The van der Waals surface area contributed by atoms with Crippen LogP contribution in [0.15, 0.2) is 72.6 Å². The maximum atomic E-state index is 13.5. The lowest BCUT2D eigenvalue weighted by Crippen LogP contribution is -2.77. The molecule has 4 heterocycles. The van der Waals surface area contributed by atoms with Gasteiger partial charge in [-0.2, -0.15) is 0 Å². The number of benzene rings is 2. The molecule has 9 atom stereocenters. The molecule has 6 aliphatic carbocycles. The first kappa shape index (κ1) is 42.9. The average molecular weight is 847 g/mol. The molecule has 3 fully saturated rings. The number of likely N-dealkylation sites (tertiary alicyclic amines) is 2. The maximum absolute atomic E-state index is 13.5. The lowest BCUT2D eigenvalue weighted by atomic mass is 9.39. The molecule has 0 amide bonds. The summed E-state index contributed by atoms with van der Waals surface area (Å²) >= 11 is 0. The first-order valence-corrected chi connectivity index (χ1v) is 23.0. The maximum Gasteiger partial charge on any atom is 0.169 e. The zero-order chi connectivity index (χ0) is 43.8. The number of aryl methyl sites for hydroxylation is 2. The molecular formula is C52H66N2O8. The summed E-state index contributed by atoms with van der Waals surface area (Å²) < 4.78 is 36.9. The third kappa shape index (κ3) is 5.70. The third-order valence-corrected chi connectivity index (χ3v) is 16.6. The summed E-state index contributed by atoms with van der Waals surface area (Å²) in [5.41, 5.74) is 5.89. The monoisotopic (exact) mass is 846 g/mol. The van der Waals surface area contributed by atoms with Crippen LogP contribution in [0.25, 0.3) is 0 Å². The van der Waals surface area contributed by atoms with E-state index in [1.807, 2.05) is 6.92 Å². The van der Waals surface area contributed by atoms with Crippen LogP contribution in [0.1, 0.15) is 93.9 Å². The Kier molecular flexibility index (Phi) is 11.1. The number of ketones is 2. The first-order chi connectivity index (χ1) is 30.0. The van der Waals surface area contributed by atoms with Gasteiger partial charge in [0.2, 0.25) is 0 Å². The Hall–Kier alpha value is -4.38. The smallest absolute Gasteiger partial charge is 0.169 e. The molecule has 10 nitrogen and oxygen atoms in total. The van der Waals surface area contributed by atoms with E-state index in [0.29, 0.717) is 30.7 Å². The summed E-state index contributed by atoms with van der Waals surface area (Å²) in [6.07, 6.45) is 20.5. The van der Waals surface area contributed by atoms with Gasteiger partial charge in [0.1, 0.15) is 23.2 Å². The summed E-state index contributed by atoms with van der Waals surface area (Å²) in [4.78, 5) is 28.8. The minimum atomic E-state index is -0.722. The number of carbonyl (C=O) groups is 2. The van der Waals surface area contributed by atoms with Crippen LogP contribution >= 0.6 is 0 Å². The summed E-state index contributed by atoms with van der Waals surface area (Å²) in [6, 6.07) is 9.46. The van der Waals surface area contributed by atoms with Crippen molar-refractivity contribution in [3.8, 4) is 23.0 Å². The number of piperidine rings is 2. The van der Waals surface area contributed by atoms with Gasteiger partial charge in [0.25, 0.3) is 0 Å². The number of hydrogen-bond acceptors (Lipinski definition) is 10.